The quantitative estimate of drug-likeness (QED) is 0.491. The van der Waals surface area contributed by atoms with Gasteiger partial charge in [-0.2, -0.15) is 0 Å². The van der Waals surface area contributed by atoms with E-state index >= 15 is 0 Å². The van der Waals surface area contributed by atoms with E-state index in [1.807, 2.05) is 24.5 Å². The number of thiophene rings is 2. The molecule has 0 aliphatic heterocycles. The molecule has 0 saturated carbocycles. The van der Waals surface area contributed by atoms with Gasteiger partial charge in [0, 0.05) is 55.4 Å². The Morgan fingerprint density at radius 1 is 0.545 bits per heavy atom. The summed E-state index contributed by atoms with van der Waals surface area (Å²) in [6, 6.07) is 16.8. The third-order valence-corrected chi connectivity index (χ3v) is 5.81. The number of pyridine rings is 2. The highest BCUT2D eigenvalue weighted by Gasteiger charge is 2.08. The van der Waals surface area contributed by atoms with E-state index in [0.29, 0.717) is 0 Å². The van der Waals surface area contributed by atoms with Crippen LogP contribution in [0.2, 0.25) is 0 Å². The number of rotatable bonds is 3. The van der Waals surface area contributed by atoms with E-state index < -0.39 is 0 Å². The number of hydrogen-bond donors (Lipinski definition) is 0. The zero-order chi connectivity index (χ0) is 14.8. The van der Waals surface area contributed by atoms with Crippen LogP contribution < -0.4 is 0 Å². The molecule has 0 amide bonds. The van der Waals surface area contributed by atoms with Crippen LogP contribution in [0, 0.1) is 0 Å². The number of nitrogens with zero attached hydrogens (tertiary/aromatic N) is 2. The predicted molar refractivity (Wildman–Crippen MR) is 94.1 cm³/mol. The summed E-state index contributed by atoms with van der Waals surface area (Å²) in [4.78, 5) is 13.5. The van der Waals surface area contributed by atoms with Crippen molar-refractivity contribution in [2.75, 3.05) is 0 Å². The van der Waals surface area contributed by atoms with Crippen LogP contribution in [0.15, 0.2) is 73.3 Å². The molecule has 0 spiro atoms. The van der Waals surface area contributed by atoms with Crippen molar-refractivity contribution < 1.29 is 0 Å². The lowest BCUT2D eigenvalue weighted by molar-refractivity contribution is 1.33. The molecule has 4 rings (SSSR count). The monoisotopic (exact) mass is 320 g/mol. The second-order valence-electron chi connectivity index (χ2n) is 4.81. The Balaban J connectivity index is 1.66. The first-order valence-corrected chi connectivity index (χ1v) is 8.54. The molecule has 0 atom stereocenters. The molecule has 0 bridgehead atoms. The van der Waals surface area contributed by atoms with Gasteiger partial charge in [0.2, 0.25) is 0 Å². The second kappa shape index (κ2) is 5.83. The van der Waals surface area contributed by atoms with E-state index in [9.17, 15) is 0 Å². The average Bonchev–Trinajstić information content (AvgIpc) is 3.26. The summed E-state index contributed by atoms with van der Waals surface area (Å²) >= 11 is 3.60. The van der Waals surface area contributed by atoms with Crippen LogP contribution in [0.25, 0.3) is 30.6 Å². The van der Waals surface area contributed by atoms with Gasteiger partial charge in [0.15, 0.2) is 0 Å². The minimum atomic E-state index is 1.17. The summed E-state index contributed by atoms with van der Waals surface area (Å²) in [6.07, 6.45) is 7.42. The highest BCUT2D eigenvalue weighted by atomic mass is 32.1. The topological polar surface area (TPSA) is 25.8 Å². The normalized spacial score (nSPS) is 10.7. The van der Waals surface area contributed by atoms with Crippen molar-refractivity contribution in [2.45, 2.75) is 0 Å². The standard InChI is InChI=1S/C18H12N2S2/c1-3-13(11-19-9-1)15-5-7-17(21-15)18-8-6-16(22-18)14-4-2-10-20-12-14/h1-12H. The van der Waals surface area contributed by atoms with Crippen molar-refractivity contribution in [3.8, 4) is 30.6 Å². The zero-order valence-electron chi connectivity index (χ0n) is 11.6. The van der Waals surface area contributed by atoms with Gasteiger partial charge in [-0.3, -0.25) is 9.97 Å². The van der Waals surface area contributed by atoms with Crippen LogP contribution in [-0.2, 0) is 0 Å². The molecule has 4 aromatic heterocycles. The smallest absolute Gasteiger partial charge is 0.0449 e. The van der Waals surface area contributed by atoms with E-state index in [-0.39, 0.29) is 0 Å². The Morgan fingerprint density at radius 2 is 1.00 bits per heavy atom. The van der Waals surface area contributed by atoms with Crippen molar-refractivity contribution in [3.05, 3.63) is 73.3 Å². The molecule has 2 nitrogen and oxygen atoms in total. The van der Waals surface area contributed by atoms with Gasteiger partial charge < -0.3 is 0 Å². The lowest BCUT2D eigenvalue weighted by Gasteiger charge is -1.95. The van der Waals surface area contributed by atoms with E-state index in [2.05, 4.69) is 46.4 Å². The molecular formula is C18H12N2S2. The fraction of sp³-hybridized carbons (Fsp3) is 0. The predicted octanol–water partition coefficient (Wildman–Crippen LogP) is 5.60. The molecule has 4 heteroatoms. The fourth-order valence-electron chi connectivity index (χ4n) is 2.27. The molecule has 0 radical (unpaired) electrons. The van der Waals surface area contributed by atoms with Crippen LogP contribution in [0.1, 0.15) is 0 Å². The SMILES string of the molecule is c1cncc(-c2ccc(-c3ccc(-c4cccnc4)s3)s2)c1. The van der Waals surface area contributed by atoms with Crippen LogP contribution >= 0.6 is 22.7 Å². The molecule has 4 heterocycles. The Hall–Kier alpha value is -2.30. The third kappa shape index (κ3) is 2.58. The summed E-state index contributed by atoms with van der Waals surface area (Å²) < 4.78 is 0. The van der Waals surface area contributed by atoms with E-state index in [1.54, 1.807) is 35.1 Å². The van der Waals surface area contributed by atoms with Gasteiger partial charge in [-0.1, -0.05) is 12.1 Å². The third-order valence-electron chi connectivity index (χ3n) is 3.35. The average molecular weight is 320 g/mol. The van der Waals surface area contributed by atoms with Gasteiger partial charge in [0.25, 0.3) is 0 Å². The van der Waals surface area contributed by atoms with Crippen LogP contribution in [0.3, 0.4) is 0 Å². The zero-order valence-corrected chi connectivity index (χ0v) is 13.3. The largest absolute Gasteiger partial charge is 0.264 e. The van der Waals surface area contributed by atoms with E-state index in [0.717, 1.165) is 0 Å². The number of aromatic nitrogens is 2. The van der Waals surface area contributed by atoms with E-state index in [4.69, 9.17) is 0 Å². The molecule has 0 unspecified atom stereocenters. The summed E-state index contributed by atoms with van der Waals surface area (Å²) in [5, 5.41) is 0. The molecule has 22 heavy (non-hydrogen) atoms. The van der Waals surface area contributed by atoms with Crippen LogP contribution in [0.5, 0.6) is 0 Å². The molecule has 0 aromatic carbocycles. The van der Waals surface area contributed by atoms with Gasteiger partial charge in [-0.15, -0.1) is 22.7 Å². The number of hydrogen-bond acceptors (Lipinski definition) is 4. The van der Waals surface area contributed by atoms with Crippen molar-refractivity contribution >= 4 is 22.7 Å². The maximum absolute atomic E-state index is 4.19. The van der Waals surface area contributed by atoms with Crippen molar-refractivity contribution in [2.24, 2.45) is 0 Å². The molecule has 106 valence electrons. The Kier molecular flexibility index (Phi) is 3.54. The summed E-state index contributed by atoms with van der Waals surface area (Å²) in [7, 11) is 0. The van der Waals surface area contributed by atoms with Gasteiger partial charge in [0.1, 0.15) is 0 Å². The first-order chi connectivity index (χ1) is 10.9. The highest BCUT2D eigenvalue weighted by molar-refractivity contribution is 7.25. The maximum atomic E-state index is 4.19. The minimum absolute atomic E-state index is 1.17. The molecule has 0 saturated heterocycles. The lowest BCUT2D eigenvalue weighted by atomic mass is 10.2. The first-order valence-electron chi connectivity index (χ1n) is 6.91. The molecule has 0 aliphatic rings. The Labute approximate surface area is 136 Å². The van der Waals surface area contributed by atoms with Crippen LogP contribution in [0.4, 0.5) is 0 Å². The molecular weight excluding hydrogens is 308 g/mol. The molecule has 0 fully saturated rings. The molecule has 0 N–H and O–H groups in total. The van der Waals surface area contributed by atoms with Crippen molar-refractivity contribution in [1.29, 1.82) is 0 Å². The van der Waals surface area contributed by atoms with Gasteiger partial charge in [0.05, 0.1) is 0 Å². The second-order valence-corrected chi connectivity index (χ2v) is 6.98. The first kappa shape index (κ1) is 13.4. The van der Waals surface area contributed by atoms with Crippen molar-refractivity contribution in [1.82, 2.24) is 9.97 Å². The Bertz CT molecular complexity index is 804. The minimum Gasteiger partial charge on any atom is -0.264 e. The van der Waals surface area contributed by atoms with Crippen molar-refractivity contribution in [3.63, 3.8) is 0 Å². The molecule has 0 aliphatic carbocycles. The highest BCUT2D eigenvalue weighted by Crippen LogP contribution is 2.39. The maximum Gasteiger partial charge on any atom is 0.0449 e. The van der Waals surface area contributed by atoms with Gasteiger partial charge >= 0.3 is 0 Å². The fourth-order valence-corrected chi connectivity index (χ4v) is 4.35. The van der Waals surface area contributed by atoms with Gasteiger partial charge in [-0.25, -0.2) is 0 Å². The van der Waals surface area contributed by atoms with E-state index in [1.165, 1.54) is 30.6 Å². The summed E-state index contributed by atoms with van der Waals surface area (Å²) in [5.41, 5.74) is 2.34. The summed E-state index contributed by atoms with van der Waals surface area (Å²) in [5.74, 6) is 0. The lowest BCUT2D eigenvalue weighted by Crippen LogP contribution is -1.72. The Morgan fingerprint density at radius 3 is 1.41 bits per heavy atom. The summed E-state index contributed by atoms with van der Waals surface area (Å²) in [6.45, 7) is 0. The van der Waals surface area contributed by atoms with Gasteiger partial charge in [-0.05, 0) is 36.4 Å². The molecule has 4 aromatic rings. The van der Waals surface area contributed by atoms with Crippen LogP contribution in [-0.4, -0.2) is 9.97 Å².